The molecule has 1 heterocycles. The molecular formula is C9H12N2O3S. The quantitative estimate of drug-likeness (QED) is 0.686. The Bertz CT molecular complexity index is 314. The molecule has 1 aliphatic rings. The van der Waals surface area contributed by atoms with Gasteiger partial charge in [-0.05, 0) is 11.8 Å². The number of hydrazone groups is 1. The van der Waals surface area contributed by atoms with Gasteiger partial charge in [-0.1, -0.05) is 6.58 Å². The number of amides is 1. The van der Waals surface area contributed by atoms with Crippen LogP contribution in [0.15, 0.2) is 17.1 Å². The summed E-state index contributed by atoms with van der Waals surface area (Å²) in [5.74, 6) is -0.471. The third-order valence-electron chi connectivity index (χ3n) is 1.82. The van der Waals surface area contributed by atoms with Crippen molar-refractivity contribution in [2.75, 3.05) is 12.3 Å². The van der Waals surface area contributed by atoms with Crippen LogP contribution in [0.3, 0.4) is 0 Å². The first-order valence-electron chi connectivity index (χ1n) is 4.44. The summed E-state index contributed by atoms with van der Waals surface area (Å²) in [5, 5.41) is 15.2. The zero-order valence-electron chi connectivity index (χ0n) is 8.18. The predicted octanol–water partition coefficient (Wildman–Crippen LogP) is 0.926. The van der Waals surface area contributed by atoms with Crippen LogP contribution in [0.5, 0.6) is 0 Å². The summed E-state index contributed by atoms with van der Waals surface area (Å²) in [5.41, 5.74) is 0.746. The van der Waals surface area contributed by atoms with E-state index in [-0.39, 0.29) is 18.9 Å². The molecule has 0 aromatic heterocycles. The Kier molecular flexibility index (Phi) is 4.36. The summed E-state index contributed by atoms with van der Waals surface area (Å²) >= 11 is 1.55. The van der Waals surface area contributed by atoms with Crippen molar-refractivity contribution in [3.05, 3.63) is 12.0 Å². The van der Waals surface area contributed by atoms with Crippen molar-refractivity contribution in [3.8, 4) is 0 Å². The van der Waals surface area contributed by atoms with E-state index in [2.05, 4.69) is 11.7 Å². The molecule has 1 N–H and O–H groups in total. The maximum absolute atomic E-state index is 11.3. The number of carboxylic acid groups (broad SMARTS) is 1. The van der Waals surface area contributed by atoms with Crippen LogP contribution in [0.25, 0.3) is 0 Å². The van der Waals surface area contributed by atoms with Crippen LogP contribution in [-0.2, 0) is 9.59 Å². The molecule has 0 unspecified atom stereocenters. The summed E-state index contributed by atoms with van der Waals surface area (Å²) < 4.78 is 0. The van der Waals surface area contributed by atoms with Crippen LogP contribution in [0.1, 0.15) is 12.8 Å². The minimum absolute atomic E-state index is 0.240. The predicted molar refractivity (Wildman–Crippen MR) is 58.7 cm³/mol. The van der Waals surface area contributed by atoms with Crippen LogP contribution >= 0.6 is 11.8 Å². The van der Waals surface area contributed by atoms with E-state index in [1.165, 1.54) is 0 Å². The van der Waals surface area contributed by atoms with E-state index in [9.17, 15) is 9.59 Å². The summed E-state index contributed by atoms with van der Waals surface area (Å²) in [6.07, 6.45) is 0.934. The van der Waals surface area contributed by atoms with Gasteiger partial charge in [0.2, 0.25) is 5.91 Å². The third-order valence-corrected chi connectivity index (χ3v) is 2.49. The molecule has 5 nitrogen and oxygen atoms in total. The third kappa shape index (κ3) is 3.75. The fourth-order valence-corrected chi connectivity index (χ4v) is 1.70. The molecule has 0 saturated heterocycles. The second-order valence-corrected chi connectivity index (χ2v) is 4.05. The lowest BCUT2D eigenvalue weighted by Gasteiger charge is -2.06. The molecule has 6 heteroatoms. The van der Waals surface area contributed by atoms with Crippen molar-refractivity contribution in [1.29, 1.82) is 0 Å². The highest BCUT2D eigenvalue weighted by Gasteiger charge is 2.24. The van der Waals surface area contributed by atoms with E-state index < -0.39 is 5.97 Å². The van der Waals surface area contributed by atoms with E-state index in [1.807, 2.05) is 0 Å². The molecule has 0 spiro atoms. The van der Waals surface area contributed by atoms with Crippen molar-refractivity contribution in [2.45, 2.75) is 12.8 Å². The molecule has 1 aliphatic heterocycles. The average Bonchev–Trinajstić information content (AvgIpc) is 2.47. The molecule has 0 aliphatic carbocycles. The largest absolute Gasteiger partial charge is 0.480 e. The minimum atomic E-state index is -1.05. The van der Waals surface area contributed by atoms with Crippen molar-refractivity contribution < 1.29 is 14.7 Å². The Morgan fingerprint density at radius 3 is 3.07 bits per heavy atom. The van der Waals surface area contributed by atoms with Crippen molar-refractivity contribution >= 4 is 29.4 Å². The van der Waals surface area contributed by atoms with Crippen LogP contribution in [0, 0.1) is 0 Å². The summed E-state index contributed by atoms with van der Waals surface area (Å²) in [7, 11) is 0. The summed E-state index contributed by atoms with van der Waals surface area (Å²) in [6, 6.07) is 0. The van der Waals surface area contributed by atoms with Gasteiger partial charge in [0.1, 0.15) is 6.54 Å². The van der Waals surface area contributed by atoms with Gasteiger partial charge in [-0.2, -0.15) is 5.10 Å². The van der Waals surface area contributed by atoms with Crippen LogP contribution < -0.4 is 0 Å². The van der Waals surface area contributed by atoms with Gasteiger partial charge in [-0.25, -0.2) is 5.01 Å². The highest BCUT2D eigenvalue weighted by atomic mass is 32.2. The van der Waals surface area contributed by atoms with Gasteiger partial charge >= 0.3 is 5.97 Å². The Balaban J connectivity index is 2.44. The molecule has 0 aromatic rings. The Labute approximate surface area is 91.8 Å². The lowest BCUT2D eigenvalue weighted by molar-refractivity contribution is -0.143. The summed E-state index contributed by atoms with van der Waals surface area (Å²) in [6.45, 7) is 3.21. The number of rotatable bonds is 6. The Hall–Kier alpha value is -1.30. The van der Waals surface area contributed by atoms with E-state index in [0.29, 0.717) is 6.42 Å². The van der Waals surface area contributed by atoms with Gasteiger partial charge in [0, 0.05) is 11.5 Å². The molecule has 0 radical (unpaired) electrons. The second-order valence-electron chi connectivity index (χ2n) is 2.98. The molecule has 0 saturated carbocycles. The Morgan fingerprint density at radius 2 is 2.47 bits per heavy atom. The fraction of sp³-hybridized carbons (Fsp3) is 0.444. The molecule has 1 amide bonds. The number of thioether (sulfide) groups is 1. The van der Waals surface area contributed by atoms with Crippen LogP contribution in [-0.4, -0.2) is 40.0 Å². The monoisotopic (exact) mass is 228 g/mol. The molecule has 0 aromatic carbocycles. The van der Waals surface area contributed by atoms with Crippen LogP contribution in [0.2, 0.25) is 0 Å². The number of hydrogen-bond donors (Lipinski definition) is 1. The lowest BCUT2D eigenvalue weighted by atomic mass is 10.2. The average molecular weight is 228 g/mol. The molecule has 0 atom stereocenters. The molecule has 82 valence electrons. The fourth-order valence-electron chi connectivity index (χ4n) is 1.18. The normalized spacial score (nSPS) is 15.3. The maximum atomic E-state index is 11.3. The van der Waals surface area contributed by atoms with E-state index in [4.69, 9.17) is 5.11 Å². The molecule has 0 fully saturated rings. The highest BCUT2D eigenvalue weighted by Crippen LogP contribution is 2.13. The topological polar surface area (TPSA) is 70.0 Å². The van der Waals surface area contributed by atoms with Gasteiger partial charge in [0.05, 0.1) is 6.42 Å². The van der Waals surface area contributed by atoms with Gasteiger partial charge in [0.15, 0.2) is 0 Å². The number of aliphatic carboxylic acids is 1. The second kappa shape index (κ2) is 5.55. The Morgan fingerprint density at radius 1 is 1.73 bits per heavy atom. The van der Waals surface area contributed by atoms with Gasteiger partial charge in [-0.15, -0.1) is 11.8 Å². The first-order valence-corrected chi connectivity index (χ1v) is 5.49. The number of hydrogen-bond acceptors (Lipinski definition) is 4. The first kappa shape index (κ1) is 11.8. The summed E-state index contributed by atoms with van der Waals surface area (Å²) in [4.78, 5) is 21.7. The lowest BCUT2D eigenvalue weighted by Crippen LogP contribution is -2.27. The van der Waals surface area contributed by atoms with Gasteiger partial charge < -0.3 is 5.11 Å². The first-order chi connectivity index (χ1) is 7.13. The van der Waals surface area contributed by atoms with Crippen LogP contribution in [0.4, 0.5) is 0 Å². The van der Waals surface area contributed by atoms with Crippen molar-refractivity contribution in [2.24, 2.45) is 5.10 Å². The number of carbonyl (C=O) groups excluding carboxylic acids is 1. The van der Waals surface area contributed by atoms with Crippen molar-refractivity contribution in [3.63, 3.8) is 0 Å². The molecular weight excluding hydrogens is 216 g/mol. The van der Waals surface area contributed by atoms with Gasteiger partial charge in [0.25, 0.3) is 0 Å². The molecule has 1 rings (SSSR count). The number of nitrogens with zero attached hydrogens (tertiary/aromatic N) is 2. The van der Waals surface area contributed by atoms with E-state index >= 15 is 0 Å². The van der Waals surface area contributed by atoms with E-state index in [1.54, 1.807) is 17.2 Å². The minimum Gasteiger partial charge on any atom is -0.480 e. The SMILES string of the molecule is C=CSCCC1=NN(CC(=O)O)C(=O)C1. The van der Waals surface area contributed by atoms with Gasteiger partial charge in [-0.3, -0.25) is 9.59 Å². The van der Waals surface area contributed by atoms with E-state index in [0.717, 1.165) is 16.5 Å². The molecule has 15 heavy (non-hydrogen) atoms. The highest BCUT2D eigenvalue weighted by molar-refractivity contribution is 8.02. The zero-order valence-corrected chi connectivity index (χ0v) is 9.00. The maximum Gasteiger partial charge on any atom is 0.325 e. The number of carbonyl (C=O) groups is 2. The zero-order chi connectivity index (χ0) is 11.3. The smallest absolute Gasteiger partial charge is 0.325 e. The standard InChI is InChI=1S/C9H12N2O3S/c1-2-15-4-3-7-5-8(12)11(10-7)6-9(13)14/h2H,1,3-6H2,(H,13,14). The number of carboxylic acids is 1. The molecule has 0 bridgehead atoms. The van der Waals surface area contributed by atoms with Crippen molar-refractivity contribution in [1.82, 2.24) is 5.01 Å².